The van der Waals surface area contributed by atoms with E-state index in [0.717, 1.165) is 11.5 Å². The van der Waals surface area contributed by atoms with Gasteiger partial charge in [-0.2, -0.15) is 0 Å². The summed E-state index contributed by atoms with van der Waals surface area (Å²) in [7, 11) is -0.0564. The van der Waals surface area contributed by atoms with Gasteiger partial charge in [0.05, 0.1) is 6.26 Å². The minimum absolute atomic E-state index is 0.0564. The Bertz CT molecular complexity index is 1120. The van der Waals surface area contributed by atoms with E-state index in [4.69, 9.17) is 9.15 Å². The Balaban J connectivity index is 1.55. The van der Waals surface area contributed by atoms with Gasteiger partial charge in [0.25, 0.3) is 0 Å². The second-order valence-corrected chi connectivity index (χ2v) is 8.10. The molecular weight excluding hydrogens is 340 g/mol. The molecule has 0 spiro atoms. The van der Waals surface area contributed by atoms with Crippen molar-refractivity contribution in [3.05, 3.63) is 97.0 Å². The van der Waals surface area contributed by atoms with E-state index >= 15 is 0 Å². The Kier molecular flexibility index (Phi) is 3.72. The molecule has 0 unspecified atom stereocenters. The first-order valence-electron chi connectivity index (χ1n) is 8.58. The lowest BCUT2D eigenvalue weighted by Crippen LogP contribution is -1.92. The molecule has 0 saturated carbocycles. The topological polar surface area (TPSA) is 22.4 Å². The van der Waals surface area contributed by atoms with Gasteiger partial charge in [-0.1, -0.05) is 24.3 Å². The lowest BCUT2D eigenvalue weighted by molar-refractivity contribution is 0.270. The van der Waals surface area contributed by atoms with Gasteiger partial charge in [-0.15, -0.1) is 0 Å². The van der Waals surface area contributed by atoms with Crippen molar-refractivity contribution in [2.45, 2.75) is 6.61 Å². The minimum Gasteiger partial charge on any atom is -0.486 e. The Labute approximate surface area is 154 Å². The maximum Gasteiger partial charge on any atom is 0.187 e. The van der Waals surface area contributed by atoms with Crippen molar-refractivity contribution >= 4 is 30.6 Å². The zero-order valence-corrected chi connectivity index (χ0v) is 14.9. The van der Waals surface area contributed by atoms with Crippen LogP contribution in [0.15, 0.2) is 95.6 Å². The molecule has 0 N–H and O–H groups in total. The van der Waals surface area contributed by atoms with Crippen LogP contribution >= 0.6 is 10.5 Å². The van der Waals surface area contributed by atoms with Crippen LogP contribution in [0.3, 0.4) is 0 Å². The Morgan fingerprint density at radius 3 is 1.96 bits per heavy atom. The number of furan rings is 1. The molecule has 0 fully saturated rings. The van der Waals surface area contributed by atoms with Gasteiger partial charge in [0.2, 0.25) is 0 Å². The van der Waals surface area contributed by atoms with Gasteiger partial charge in [-0.05, 0) is 48.5 Å². The summed E-state index contributed by atoms with van der Waals surface area (Å²) in [5, 5.41) is 2.70. The van der Waals surface area contributed by atoms with Gasteiger partial charge in [0.1, 0.15) is 18.1 Å². The van der Waals surface area contributed by atoms with Crippen LogP contribution in [0.2, 0.25) is 0 Å². The number of thiophene rings is 1. The molecule has 0 saturated heterocycles. The first-order chi connectivity index (χ1) is 12.9. The second kappa shape index (κ2) is 6.36. The van der Waals surface area contributed by atoms with Crippen molar-refractivity contribution < 1.29 is 9.15 Å². The molecule has 0 amide bonds. The summed E-state index contributed by atoms with van der Waals surface area (Å²) >= 11 is 0. The van der Waals surface area contributed by atoms with Crippen LogP contribution in [0.25, 0.3) is 25.1 Å². The quantitative estimate of drug-likeness (QED) is 0.326. The minimum atomic E-state index is -0.0564. The largest absolute Gasteiger partial charge is 0.486 e. The highest BCUT2D eigenvalue weighted by atomic mass is 32.2. The third-order valence-corrected chi connectivity index (χ3v) is 6.86. The number of rotatable bonds is 4. The zero-order chi connectivity index (χ0) is 17.3. The summed E-state index contributed by atoms with van der Waals surface area (Å²) in [4.78, 5) is 1.31. The highest BCUT2D eigenvalue weighted by Gasteiger charge is 2.22. The molecule has 126 valence electrons. The van der Waals surface area contributed by atoms with E-state index in [0.29, 0.717) is 6.61 Å². The standard InChI is InChI=1S/C23H17O2S/c1-3-9-22-20(7-1)21-8-2-4-10-23(21)26(22)19-13-11-17(12-14-19)25-16-18-6-5-15-24-18/h1-15H,16H2/q+1. The normalized spacial score (nSPS) is 11.2. The van der Waals surface area contributed by atoms with Crippen molar-refractivity contribution in [3.8, 4) is 10.6 Å². The van der Waals surface area contributed by atoms with E-state index < -0.39 is 0 Å². The number of hydrogen-bond donors (Lipinski definition) is 0. The van der Waals surface area contributed by atoms with Gasteiger partial charge in [-0.25, -0.2) is 0 Å². The molecule has 5 rings (SSSR count). The fourth-order valence-corrected chi connectivity index (χ4v) is 5.71. The van der Waals surface area contributed by atoms with Gasteiger partial charge in [-0.3, -0.25) is 0 Å². The fourth-order valence-electron chi connectivity index (χ4n) is 3.33. The molecular formula is C23H17O2S+. The molecule has 26 heavy (non-hydrogen) atoms. The van der Waals surface area contributed by atoms with Crippen molar-refractivity contribution in [2.24, 2.45) is 0 Å². The monoisotopic (exact) mass is 357 g/mol. The highest BCUT2D eigenvalue weighted by Crippen LogP contribution is 2.48. The van der Waals surface area contributed by atoms with Gasteiger partial charge in [0, 0.05) is 33.4 Å². The molecule has 0 aliphatic rings. The number of fused-ring (bicyclic) bond motifs is 3. The molecule has 0 radical (unpaired) electrons. The Morgan fingerprint density at radius 1 is 0.692 bits per heavy atom. The van der Waals surface area contributed by atoms with Crippen LogP contribution < -0.4 is 4.74 Å². The van der Waals surface area contributed by atoms with Crippen LogP contribution in [0.5, 0.6) is 5.75 Å². The Morgan fingerprint density at radius 2 is 1.35 bits per heavy atom. The van der Waals surface area contributed by atoms with Gasteiger partial charge >= 0.3 is 0 Å². The lowest BCUT2D eigenvalue weighted by Gasteiger charge is -2.03. The molecule has 0 atom stereocenters. The van der Waals surface area contributed by atoms with Crippen molar-refractivity contribution in [2.75, 3.05) is 0 Å². The smallest absolute Gasteiger partial charge is 0.187 e. The van der Waals surface area contributed by atoms with Crippen molar-refractivity contribution in [1.29, 1.82) is 0 Å². The summed E-state index contributed by atoms with van der Waals surface area (Å²) in [6, 6.07) is 29.7. The summed E-state index contributed by atoms with van der Waals surface area (Å²) < 4.78 is 13.9. The SMILES string of the molecule is c1coc(COc2ccc(-[s+]3c4ccccc4c4ccccc43)cc2)c1. The van der Waals surface area contributed by atoms with E-state index in [1.54, 1.807) is 6.26 Å². The van der Waals surface area contributed by atoms with E-state index in [-0.39, 0.29) is 10.5 Å². The maximum atomic E-state index is 5.82. The predicted octanol–water partition coefficient (Wildman–Crippen LogP) is 6.90. The van der Waals surface area contributed by atoms with Crippen LogP contribution in [0.1, 0.15) is 5.76 Å². The third kappa shape index (κ3) is 2.57. The lowest BCUT2D eigenvalue weighted by atomic mass is 10.2. The average Bonchev–Trinajstić information content (AvgIpc) is 3.33. The maximum absolute atomic E-state index is 5.82. The molecule has 2 nitrogen and oxygen atoms in total. The van der Waals surface area contributed by atoms with Crippen LogP contribution in [0, 0.1) is 0 Å². The first-order valence-corrected chi connectivity index (χ1v) is 9.80. The molecule has 2 aromatic heterocycles. The predicted molar refractivity (Wildman–Crippen MR) is 108 cm³/mol. The van der Waals surface area contributed by atoms with Gasteiger partial charge in [0.15, 0.2) is 14.3 Å². The second-order valence-electron chi connectivity index (χ2n) is 6.14. The number of ether oxygens (including phenoxy) is 1. The first kappa shape index (κ1) is 15.2. The van der Waals surface area contributed by atoms with E-state index in [9.17, 15) is 0 Å². The summed E-state index contributed by atoms with van der Waals surface area (Å²) in [6.45, 7) is 0.448. The molecule has 0 aliphatic carbocycles. The van der Waals surface area contributed by atoms with Crippen LogP contribution in [-0.2, 0) is 6.61 Å². The van der Waals surface area contributed by atoms with Crippen LogP contribution in [0.4, 0.5) is 0 Å². The summed E-state index contributed by atoms with van der Waals surface area (Å²) in [5.74, 6) is 1.68. The molecule has 5 aromatic rings. The summed E-state index contributed by atoms with van der Waals surface area (Å²) in [6.07, 6.45) is 1.66. The average molecular weight is 357 g/mol. The molecule has 0 aliphatic heterocycles. The molecule has 2 heterocycles. The van der Waals surface area contributed by atoms with E-state index in [2.05, 4.69) is 72.8 Å². The van der Waals surface area contributed by atoms with Crippen LogP contribution in [-0.4, -0.2) is 0 Å². The van der Waals surface area contributed by atoms with Crippen molar-refractivity contribution in [1.82, 2.24) is 0 Å². The van der Waals surface area contributed by atoms with Gasteiger partial charge < -0.3 is 9.15 Å². The number of benzene rings is 3. The van der Waals surface area contributed by atoms with E-state index in [1.165, 1.54) is 25.1 Å². The molecule has 3 aromatic carbocycles. The van der Waals surface area contributed by atoms with E-state index in [1.807, 2.05) is 12.1 Å². The molecule has 0 bridgehead atoms. The van der Waals surface area contributed by atoms with Crippen molar-refractivity contribution in [3.63, 3.8) is 0 Å². The number of hydrogen-bond acceptors (Lipinski definition) is 2. The fraction of sp³-hybridized carbons (Fsp3) is 0.0435. The zero-order valence-electron chi connectivity index (χ0n) is 14.1. The highest BCUT2D eigenvalue weighted by molar-refractivity contribution is 7.50. The molecule has 3 heteroatoms. The Hall–Kier alpha value is -3.04. The third-order valence-electron chi connectivity index (χ3n) is 4.52. The summed E-state index contributed by atoms with van der Waals surface area (Å²) in [5.41, 5.74) is 0.